The van der Waals surface area contributed by atoms with Crippen LogP contribution in [-0.2, 0) is 19.7 Å². The molecule has 0 unspecified atom stereocenters. The van der Waals surface area contributed by atoms with Gasteiger partial charge in [-0.05, 0) is 26.0 Å². The molecule has 0 amide bonds. The molecule has 0 fully saturated rings. The third kappa shape index (κ3) is 3.87. The van der Waals surface area contributed by atoms with Gasteiger partial charge < -0.3 is 14.5 Å². The number of furan rings is 1. The zero-order chi connectivity index (χ0) is 14.4. The maximum Gasteiger partial charge on any atom is 0.157 e. The van der Waals surface area contributed by atoms with Crippen LogP contribution < -0.4 is 10.1 Å². The first kappa shape index (κ1) is 14.7. The monoisotopic (exact) mass is 277 g/mol. The molecule has 0 aliphatic carbocycles. The first-order chi connectivity index (χ1) is 9.72. The van der Waals surface area contributed by atoms with E-state index in [1.807, 2.05) is 17.8 Å². The summed E-state index contributed by atoms with van der Waals surface area (Å²) in [4.78, 5) is 0. The van der Waals surface area contributed by atoms with Crippen LogP contribution in [0.15, 0.2) is 22.9 Å². The van der Waals surface area contributed by atoms with Gasteiger partial charge in [0.1, 0.15) is 18.1 Å². The highest BCUT2D eigenvalue weighted by Crippen LogP contribution is 2.17. The number of nitrogens with one attached hydrogen (secondary N) is 1. The zero-order valence-corrected chi connectivity index (χ0v) is 12.5. The van der Waals surface area contributed by atoms with Crippen molar-refractivity contribution < 1.29 is 9.15 Å². The molecule has 0 aromatic carbocycles. The minimum atomic E-state index is 0.435. The molecule has 2 heterocycles. The van der Waals surface area contributed by atoms with E-state index < -0.39 is 0 Å². The van der Waals surface area contributed by atoms with Crippen LogP contribution >= 0.6 is 0 Å². The van der Waals surface area contributed by atoms with Gasteiger partial charge in [-0.3, -0.25) is 4.68 Å². The van der Waals surface area contributed by atoms with Crippen LogP contribution in [0.1, 0.15) is 37.4 Å². The lowest BCUT2D eigenvalue weighted by atomic mass is 10.2. The maximum atomic E-state index is 5.70. The van der Waals surface area contributed by atoms with Crippen molar-refractivity contribution in [3.63, 3.8) is 0 Å². The van der Waals surface area contributed by atoms with E-state index in [0.29, 0.717) is 6.61 Å². The van der Waals surface area contributed by atoms with Gasteiger partial charge in [0.05, 0.1) is 12.4 Å². The second-order valence-corrected chi connectivity index (χ2v) is 4.80. The maximum absolute atomic E-state index is 5.70. The van der Waals surface area contributed by atoms with Gasteiger partial charge in [-0.25, -0.2) is 0 Å². The van der Waals surface area contributed by atoms with Gasteiger partial charge in [-0.2, -0.15) is 5.10 Å². The summed E-state index contributed by atoms with van der Waals surface area (Å²) >= 11 is 0. The normalized spacial score (nSPS) is 10.9. The molecule has 0 saturated heterocycles. The van der Waals surface area contributed by atoms with Crippen LogP contribution in [0.25, 0.3) is 0 Å². The minimum Gasteiger partial charge on any atom is -0.482 e. The Kier molecular flexibility index (Phi) is 5.24. The van der Waals surface area contributed by atoms with Crippen molar-refractivity contribution in [1.29, 1.82) is 0 Å². The number of hydrogen-bond donors (Lipinski definition) is 1. The summed E-state index contributed by atoms with van der Waals surface area (Å²) in [5.41, 5.74) is 1.19. The third-order valence-electron chi connectivity index (χ3n) is 3.08. The predicted molar refractivity (Wildman–Crippen MR) is 77.7 cm³/mol. The Hall–Kier alpha value is -1.75. The number of rotatable bonds is 8. The number of aromatic nitrogens is 2. The van der Waals surface area contributed by atoms with Crippen LogP contribution in [0, 0.1) is 6.92 Å². The smallest absolute Gasteiger partial charge is 0.157 e. The van der Waals surface area contributed by atoms with Gasteiger partial charge in [0, 0.05) is 18.7 Å². The standard InChI is InChI=1S/C15H23N3O2/c1-4-6-18-10-15(9-17-18)19-11-14-7-13(8-16-5-2)12(3)20-14/h7,9-10,16H,4-6,8,11H2,1-3H3. The predicted octanol–water partition coefficient (Wildman–Crippen LogP) is 2.88. The Morgan fingerprint density at radius 3 is 3.00 bits per heavy atom. The van der Waals surface area contributed by atoms with E-state index in [1.54, 1.807) is 6.20 Å². The average molecular weight is 277 g/mol. The quantitative estimate of drug-likeness (QED) is 0.806. The van der Waals surface area contributed by atoms with Crippen LogP contribution in [0.2, 0.25) is 0 Å². The number of hydrogen-bond acceptors (Lipinski definition) is 4. The molecule has 0 radical (unpaired) electrons. The molecule has 5 heteroatoms. The summed E-state index contributed by atoms with van der Waals surface area (Å²) in [5.74, 6) is 2.57. The molecule has 110 valence electrons. The van der Waals surface area contributed by atoms with Crippen molar-refractivity contribution in [3.05, 3.63) is 35.5 Å². The molecule has 2 aromatic heterocycles. The average Bonchev–Trinajstić information content (AvgIpc) is 3.01. The molecule has 20 heavy (non-hydrogen) atoms. The number of nitrogens with zero attached hydrogens (tertiary/aromatic N) is 2. The first-order valence-electron chi connectivity index (χ1n) is 7.17. The summed E-state index contributed by atoms with van der Waals surface area (Å²) in [5, 5.41) is 7.53. The van der Waals surface area contributed by atoms with Crippen LogP contribution in [0.5, 0.6) is 5.75 Å². The summed E-state index contributed by atoms with van der Waals surface area (Å²) in [6.45, 7) is 9.33. The topological polar surface area (TPSA) is 52.2 Å². The summed E-state index contributed by atoms with van der Waals surface area (Å²) in [7, 11) is 0. The Morgan fingerprint density at radius 2 is 2.25 bits per heavy atom. The molecule has 0 aliphatic rings. The van der Waals surface area contributed by atoms with Crippen molar-refractivity contribution in [2.24, 2.45) is 0 Å². The highest BCUT2D eigenvalue weighted by molar-refractivity contribution is 5.21. The largest absolute Gasteiger partial charge is 0.482 e. The Bertz CT molecular complexity index is 531. The molecule has 0 atom stereocenters. The first-order valence-corrected chi connectivity index (χ1v) is 7.17. The molecule has 2 aromatic rings. The highest BCUT2D eigenvalue weighted by Gasteiger charge is 2.08. The number of ether oxygens (including phenoxy) is 1. The van der Waals surface area contributed by atoms with E-state index in [-0.39, 0.29) is 0 Å². The highest BCUT2D eigenvalue weighted by atomic mass is 16.5. The molecule has 0 saturated carbocycles. The molecular weight excluding hydrogens is 254 g/mol. The van der Waals surface area contributed by atoms with E-state index in [2.05, 4.69) is 30.3 Å². The van der Waals surface area contributed by atoms with Crippen LogP contribution in [0.4, 0.5) is 0 Å². The lowest BCUT2D eigenvalue weighted by molar-refractivity contribution is 0.267. The molecule has 2 rings (SSSR count). The SMILES string of the molecule is CCCn1cc(OCc2cc(CNCC)c(C)o2)cn1. The van der Waals surface area contributed by atoms with Crippen molar-refractivity contribution in [2.75, 3.05) is 6.54 Å². The fraction of sp³-hybridized carbons (Fsp3) is 0.533. The van der Waals surface area contributed by atoms with Crippen molar-refractivity contribution in [1.82, 2.24) is 15.1 Å². The fourth-order valence-corrected chi connectivity index (χ4v) is 2.02. The summed E-state index contributed by atoms with van der Waals surface area (Å²) < 4.78 is 13.3. The summed E-state index contributed by atoms with van der Waals surface area (Å²) in [6, 6.07) is 2.05. The molecule has 0 bridgehead atoms. The van der Waals surface area contributed by atoms with Gasteiger partial charge >= 0.3 is 0 Å². The van der Waals surface area contributed by atoms with E-state index >= 15 is 0 Å². The van der Waals surface area contributed by atoms with Gasteiger partial charge in [-0.15, -0.1) is 0 Å². The van der Waals surface area contributed by atoms with Gasteiger partial charge in [0.25, 0.3) is 0 Å². The van der Waals surface area contributed by atoms with E-state index in [9.17, 15) is 0 Å². The minimum absolute atomic E-state index is 0.435. The Morgan fingerprint density at radius 1 is 1.40 bits per heavy atom. The fourth-order valence-electron chi connectivity index (χ4n) is 2.02. The Balaban J connectivity index is 1.89. The molecule has 5 nitrogen and oxygen atoms in total. The lowest BCUT2D eigenvalue weighted by Crippen LogP contribution is -2.11. The molecular formula is C15H23N3O2. The molecule has 1 N–H and O–H groups in total. The van der Waals surface area contributed by atoms with E-state index in [4.69, 9.17) is 9.15 Å². The van der Waals surface area contributed by atoms with Gasteiger partial charge in [0.15, 0.2) is 5.75 Å². The zero-order valence-electron chi connectivity index (χ0n) is 12.5. The van der Waals surface area contributed by atoms with Crippen LogP contribution in [0.3, 0.4) is 0 Å². The van der Waals surface area contributed by atoms with E-state index in [1.165, 1.54) is 5.56 Å². The van der Waals surface area contributed by atoms with Crippen molar-refractivity contribution in [3.8, 4) is 5.75 Å². The second-order valence-electron chi connectivity index (χ2n) is 4.80. The third-order valence-corrected chi connectivity index (χ3v) is 3.08. The van der Waals surface area contributed by atoms with Gasteiger partial charge in [-0.1, -0.05) is 13.8 Å². The van der Waals surface area contributed by atoms with Crippen molar-refractivity contribution in [2.45, 2.75) is 46.9 Å². The van der Waals surface area contributed by atoms with Crippen molar-refractivity contribution >= 4 is 0 Å². The Labute approximate surface area is 119 Å². The lowest BCUT2D eigenvalue weighted by Gasteiger charge is -1.99. The number of aryl methyl sites for hydroxylation is 2. The summed E-state index contributed by atoms with van der Waals surface area (Å²) in [6.07, 6.45) is 4.72. The van der Waals surface area contributed by atoms with Gasteiger partial charge in [0.2, 0.25) is 0 Å². The molecule has 0 aliphatic heterocycles. The van der Waals surface area contributed by atoms with E-state index in [0.717, 1.165) is 43.3 Å². The molecule has 0 spiro atoms. The second kappa shape index (κ2) is 7.14. The van der Waals surface area contributed by atoms with Crippen LogP contribution in [-0.4, -0.2) is 16.3 Å².